The van der Waals surface area contributed by atoms with E-state index in [1.807, 2.05) is 0 Å². The lowest BCUT2D eigenvalue weighted by atomic mass is 10.1. The molecule has 4 heteroatoms. The average Bonchev–Trinajstić information content (AvgIpc) is 2.02. The summed E-state index contributed by atoms with van der Waals surface area (Å²) in [5, 5.41) is 28.2. The molecule has 70 valence electrons. The Morgan fingerprint density at radius 2 is 1.69 bits per heavy atom. The van der Waals surface area contributed by atoms with Gasteiger partial charge in [0, 0.05) is 17.5 Å². The van der Waals surface area contributed by atoms with E-state index < -0.39 is 0 Å². The minimum atomic E-state index is -0.180. The number of alkyl halides is 1. The van der Waals surface area contributed by atoms with Crippen LogP contribution in [0.1, 0.15) is 5.56 Å². The molecule has 0 unspecified atom stereocenters. The third-order valence-electron chi connectivity index (χ3n) is 1.60. The van der Waals surface area contributed by atoms with E-state index in [1.165, 1.54) is 0 Å². The molecule has 0 bridgehead atoms. The molecule has 1 aromatic carbocycles. The van der Waals surface area contributed by atoms with Crippen LogP contribution >= 0.6 is 15.9 Å². The van der Waals surface area contributed by atoms with Crippen LogP contribution in [-0.4, -0.2) is 20.6 Å². The van der Waals surface area contributed by atoms with Crippen molar-refractivity contribution in [2.45, 2.75) is 0 Å². The second kappa shape index (κ2) is 3.70. The lowest BCUT2D eigenvalue weighted by Crippen LogP contribution is -1.86. The fraction of sp³-hybridized carbons (Fsp3) is 0.111. The highest BCUT2D eigenvalue weighted by molar-refractivity contribution is 9.09. The molecule has 0 aliphatic carbocycles. The highest BCUT2D eigenvalue weighted by Crippen LogP contribution is 2.36. The van der Waals surface area contributed by atoms with Gasteiger partial charge in [0.05, 0.1) is 5.56 Å². The van der Waals surface area contributed by atoms with Crippen molar-refractivity contribution < 1.29 is 15.3 Å². The zero-order chi connectivity index (χ0) is 10.0. The summed E-state index contributed by atoms with van der Waals surface area (Å²) in [7, 11) is 0. The Bertz CT molecular complexity index is 324. The fourth-order valence-corrected chi connectivity index (χ4v) is 1.31. The molecule has 0 spiro atoms. The zero-order valence-corrected chi connectivity index (χ0v) is 8.37. The van der Waals surface area contributed by atoms with Crippen molar-refractivity contribution in [2.75, 3.05) is 5.33 Å². The first-order chi connectivity index (χ1) is 6.06. The van der Waals surface area contributed by atoms with Crippen LogP contribution in [0.2, 0.25) is 0 Å². The van der Waals surface area contributed by atoms with E-state index in [1.54, 1.807) is 0 Å². The van der Waals surface area contributed by atoms with Crippen LogP contribution in [0.3, 0.4) is 0 Å². The lowest BCUT2D eigenvalue weighted by molar-refractivity contribution is 0.426. The number of halogens is 1. The Labute approximate surface area is 84.1 Å². The Balaban J connectivity index is 3.28. The van der Waals surface area contributed by atoms with Crippen LogP contribution in [0.15, 0.2) is 18.7 Å². The fourth-order valence-electron chi connectivity index (χ4n) is 1.03. The summed E-state index contributed by atoms with van der Waals surface area (Å²) in [6.07, 6.45) is 0. The number of hydrogen-bond donors (Lipinski definition) is 3. The van der Waals surface area contributed by atoms with Gasteiger partial charge in [0.25, 0.3) is 0 Å². The molecule has 0 fully saturated rings. The first-order valence-electron chi connectivity index (χ1n) is 3.55. The van der Waals surface area contributed by atoms with E-state index >= 15 is 0 Å². The molecule has 0 aromatic heterocycles. The van der Waals surface area contributed by atoms with E-state index in [0.29, 0.717) is 10.9 Å². The predicted octanol–water partition coefficient (Wildman–Crippen LogP) is 2.21. The monoisotopic (exact) mass is 244 g/mol. The molecular formula is C9H9BrO3. The molecule has 13 heavy (non-hydrogen) atoms. The quantitative estimate of drug-likeness (QED) is 0.700. The summed E-state index contributed by atoms with van der Waals surface area (Å²) >= 11 is 3.15. The van der Waals surface area contributed by atoms with Gasteiger partial charge in [-0.2, -0.15) is 0 Å². The molecule has 0 atom stereocenters. The smallest absolute Gasteiger partial charge is 0.130 e. The highest BCUT2D eigenvalue weighted by Gasteiger charge is 2.11. The third-order valence-corrected chi connectivity index (χ3v) is 2.27. The average molecular weight is 245 g/mol. The minimum Gasteiger partial charge on any atom is -0.508 e. The molecule has 3 N–H and O–H groups in total. The summed E-state index contributed by atoms with van der Waals surface area (Å²) in [5.74, 6) is -0.537. The molecule has 0 saturated carbocycles. The van der Waals surface area contributed by atoms with Crippen molar-refractivity contribution in [3.63, 3.8) is 0 Å². The lowest BCUT2D eigenvalue weighted by Gasteiger charge is -2.08. The standard InChI is InChI=1S/C9H9BrO3/c1-5(4-10)9-7(12)2-6(11)3-8(9)13/h2-3,11-13H,1,4H2. The van der Waals surface area contributed by atoms with Gasteiger partial charge in [0.15, 0.2) is 0 Å². The maximum absolute atomic E-state index is 9.37. The van der Waals surface area contributed by atoms with Gasteiger partial charge in [-0.25, -0.2) is 0 Å². The Morgan fingerprint density at radius 1 is 1.23 bits per heavy atom. The van der Waals surface area contributed by atoms with Gasteiger partial charge in [-0.15, -0.1) is 0 Å². The SMILES string of the molecule is C=C(CBr)c1c(O)cc(O)cc1O. The molecule has 0 saturated heterocycles. The van der Waals surface area contributed by atoms with Crippen molar-refractivity contribution in [1.82, 2.24) is 0 Å². The van der Waals surface area contributed by atoms with Gasteiger partial charge >= 0.3 is 0 Å². The number of rotatable bonds is 2. The molecule has 0 aliphatic heterocycles. The number of allylic oxidation sites excluding steroid dienone is 1. The number of phenols is 3. The first-order valence-corrected chi connectivity index (χ1v) is 4.67. The second-order valence-electron chi connectivity index (χ2n) is 2.60. The molecule has 0 amide bonds. The van der Waals surface area contributed by atoms with Gasteiger partial charge in [-0.05, 0) is 5.57 Å². The largest absolute Gasteiger partial charge is 0.508 e. The molecular weight excluding hydrogens is 236 g/mol. The van der Waals surface area contributed by atoms with Crippen molar-refractivity contribution >= 4 is 21.5 Å². The van der Waals surface area contributed by atoms with E-state index in [2.05, 4.69) is 22.5 Å². The van der Waals surface area contributed by atoms with E-state index in [4.69, 9.17) is 5.11 Å². The van der Waals surface area contributed by atoms with E-state index in [9.17, 15) is 10.2 Å². The van der Waals surface area contributed by atoms with Crippen LogP contribution < -0.4 is 0 Å². The van der Waals surface area contributed by atoms with Gasteiger partial charge < -0.3 is 15.3 Å². The molecule has 0 heterocycles. The van der Waals surface area contributed by atoms with Crippen LogP contribution in [0.25, 0.3) is 5.57 Å². The summed E-state index contributed by atoms with van der Waals surface area (Å²) < 4.78 is 0. The highest BCUT2D eigenvalue weighted by atomic mass is 79.9. The minimum absolute atomic E-state index is 0.179. The number of phenolic OH excluding ortho intramolecular Hbond substituents is 3. The number of benzene rings is 1. The van der Waals surface area contributed by atoms with Crippen LogP contribution in [-0.2, 0) is 0 Å². The van der Waals surface area contributed by atoms with Gasteiger partial charge in [0.2, 0.25) is 0 Å². The van der Waals surface area contributed by atoms with Crippen molar-refractivity contribution in [3.8, 4) is 17.2 Å². The van der Waals surface area contributed by atoms with Crippen LogP contribution in [0.5, 0.6) is 17.2 Å². The molecule has 0 radical (unpaired) electrons. The topological polar surface area (TPSA) is 60.7 Å². The zero-order valence-electron chi connectivity index (χ0n) is 6.79. The molecule has 1 rings (SSSR count). The van der Waals surface area contributed by atoms with Gasteiger partial charge in [0.1, 0.15) is 17.2 Å². The Kier molecular flexibility index (Phi) is 2.83. The van der Waals surface area contributed by atoms with Crippen molar-refractivity contribution in [3.05, 3.63) is 24.3 Å². The van der Waals surface area contributed by atoms with Crippen molar-refractivity contribution in [2.24, 2.45) is 0 Å². The number of aromatic hydroxyl groups is 3. The van der Waals surface area contributed by atoms with Crippen LogP contribution in [0.4, 0.5) is 0 Å². The van der Waals surface area contributed by atoms with Crippen LogP contribution in [0, 0.1) is 0 Å². The summed E-state index contributed by atoms with van der Waals surface area (Å²) in [4.78, 5) is 0. The van der Waals surface area contributed by atoms with Gasteiger partial charge in [-0.1, -0.05) is 22.5 Å². The van der Waals surface area contributed by atoms with Gasteiger partial charge in [-0.3, -0.25) is 0 Å². The molecule has 3 nitrogen and oxygen atoms in total. The normalized spacial score (nSPS) is 9.92. The summed E-state index contributed by atoms with van der Waals surface area (Å²) in [6, 6.07) is 2.31. The summed E-state index contributed by atoms with van der Waals surface area (Å²) in [5.41, 5.74) is 0.810. The van der Waals surface area contributed by atoms with E-state index in [-0.39, 0.29) is 22.8 Å². The maximum atomic E-state index is 9.37. The number of hydrogen-bond acceptors (Lipinski definition) is 3. The molecule has 1 aromatic rings. The van der Waals surface area contributed by atoms with E-state index in [0.717, 1.165) is 12.1 Å². The Hall–Kier alpha value is -1.16. The second-order valence-corrected chi connectivity index (χ2v) is 3.16. The predicted molar refractivity (Wildman–Crippen MR) is 54.3 cm³/mol. The third kappa shape index (κ3) is 1.95. The maximum Gasteiger partial charge on any atom is 0.130 e. The first kappa shape index (κ1) is 9.92. The summed E-state index contributed by atoms with van der Waals surface area (Å²) in [6.45, 7) is 3.65. The Morgan fingerprint density at radius 3 is 2.08 bits per heavy atom. The van der Waals surface area contributed by atoms with Crippen molar-refractivity contribution in [1.29, 1.82) is 0 Å². The molecule has 0 aliphatic rings.